The lowest BCUT2D eigenvalue weighted by Crippen LogP contribution is -2.34. The SMILES string of the molecule is NCC1CCN(C(=O)Nc2c(F)cccc2C(=O)O)C1. The summed E-state index contributed by atoms with van der Waals surface area (Å²) in [6.07, 6.45) is 0.799. The van der Waals surface area contributed by atoms with Crippen molar-refractivity contribution in [2.45, 2.75) is 6.42 Å². The summed E-state index contributed by atoms with van der Waals surface area (Å²) in [7, 11) is 0. The number of likely N-dealkylation sites (tertiary alicyclic amines) is 1. The minimum absolute atomic E-state index is 0.236. The standard InChI is InChI=1S/C13H16FN3O3/c14-10-3-1-2-9(12(18)19)11(10)16-13(20)17-5-4-8(6-15)7-17/h1-3,8H,4-7,15H2,(H,16,20)(H,18,19). The minimum atomic E-state index is -1.29. The molecular weight excluding hydrogens is 265 g/mol. The Morgan fingerprint density at radius 3 is 2.85 bits per heavy atom. The summed E-state index contributed by atoms with van der Waals surface area (Å²) < 4.78 is 13.7. The van der Waals surface area contributed by atoms with Crippen LogP contribution in [0.3, 0.4) is 0 Å². The van der Waals surface area contributed by atoms with Crippen LogP contribution in [0, 0.1) is 11.7 Å². The number of anilines is 1. The number of hydrogen-bond acceptors (Lipinski definition) is 3. The summed E-state index contributed by atoms with van der Waals surface area (Å²) >= 11 is 0. The summed E-state index contributed by atoms with van der Waals surface area (Å²) in [5.41, 5.74) is 4.97. The van der Waals surface area contributed by atoms with E-state index >= 15 is 0 Å². The molecule has 0 spiro atoms. The monoisotopic (exact) mass is 281 g/mol. The van der Waals surface area contributed by atoms with Crippen LogP contribution in [-0.2, 0) is 0 Å². The van der Waals surface area contributed by atoms with E-state index in [4.69, 9.17) is 10.8 Å². The third kappa shape index (κ3) is 2.88. The maximum absolute atomic E-state index is 13.7. The second-order valence-corrected chi connectivity index (χ2v) is 4.73. The number of urea groups is 1. The Morgan fingerprint density at radius 1 is 1.50 bits per heavy atom. The number of nitrogens with zero attached hydrogens (tertiary/aromatic N) is 1. The Balaban J connectivity index is 2.14. The first-order valence-corrected chi connectivity index (χ1v) is 6.30. The molecule has 1 aliphatic heterocycles. The molecule has 108 valence electrons. The molecular formula is C13H16FN3O3. The Hall–Kier alpha value is -2.15. The van der Waals surface area contributed by atoms with Gasteiger partial charge in [-0.2, -0.15) is 0 Å². The first kappa shape index (κ1) is 14.3. The highest BCUT2D eigenvalue weighted by Gasteiger charge is 2.26. The highest BCUT2D eigenvalue weighted by molar-refractivity contribution is 6.00. The fourth-order valence-corrected chi connectivity index (χ4v) is 2.22. The van der Waals surface area contributed by atoms with Gasteiger partial charge in [0.05, 0.1) is 11.3 Å². The van der Waals surface area contributed by atoms with Crippen molar-refractivity contribution in [3.63, 3.8) is 0 Å². The van der Waals surface area contributed by atoms with E-state index in [0.717, 1.165) is 12.5 Å². The zero-order valence-corrected chi connectivity index (χ0v) is 10.8. The van der Waals surface area contributed by atoms with Crippen LogP contribution in [0.2, 0.25) is 0 Å². The number of amides is 2. The number of carboxylic acids is 1. The Labute approximate surface area is 115 Å². The molecule has 0 aromatic heterocycles. The molecule has 6 nitrogen and oxygen atoms in total. The van der Waals surface area contributed by atoms with Gasteiger partial charge >= 0.3 is 12.0 Å². The second kappa shape index (κ2) is 5.87. The van der Waals surface area contributed by atoms with E-state index in [-0.39, 0.29) is 17.2 Å². The first-order chi connectivity index (χ1) is 9.52. The van der Waals surface area contributed by atoms with Gasteiger partial charge in [0.1, 0.15) is 5.82 Å². The molecule has 2 rings (SSSR count). The van der Waals surface area contributed by atoms with E-state index in [2.05, 4.69) is 5.32 Å². The predicted octanol–water partition coefficient (Wildman–Crippen LogP) is 1.34. The summed E-state index contributed by atoms with van der Waals surface area (Å²) in [5.74, 6) is -1.82. The van der Waals surface area contributed by atoms with E-state index in [1.54, 1.807) is 0 Å². The third-order valence-corrected chi connectivity index (χ3v) is 3.38. The molecule has 1 unspecified atom stereocenters. The van der Waals surface area contributed by atoms with Crippen LogP contribution in [-0.4, -0.2) is 41.6 Å². The molecule has 7 heteroatoms. The molecule has 1 heterocycles. The molecule has 1 aliphatic rings. The average molecular weight is 281 g/mol. The van der Waals surface area contributed by atoms with Crippen molar-refractivity contribution in [2.75, 3.05) is 25.0 Å². The van der Waals surface area contributed by atoms with Gasteiger partial charge in [0.25, 0.3) is 0 Å². The number of rotatable bonds is 3. The highest BCUT2D eigenvalue weighted by Crippen LogP contribution is 2.22. The zero-order chi connectivity index (χ0) is 14.7. The molecule has 1 atom stereocenters. The van der Waals surface area contributed by atoms with Gasteiger partial charge in [-0.15, -0.1) is 0 Å². The van der Waals surface area contributed by atoms with Crippen molar-refractivity contribution in [3.05, 3.63) is 29.6 Å². The van der Waals surface area contributed by atoms with Crippen LogP contribution >= 0.6 is 0 Å². The maximum atomic E-state index is 13.7. The molecule has 0 bridgehead atoms. The van der Waals surface area contributed by atoms with Crippen molar-refractivity contribution in [2.24, 2.45) is 11.7 Å². The number of benzene rings is 1. The van der Waals surface area contributed by atoms with E-state index in [1.807, 2.05) is 0 Å². The van der Waals surface area contributed by atoms with Crippen molar-refractivity contribution >= 4 is 17.7 Å². The molecule has 1 saturated heterocycles. The van der Waals surface area contributed by atoms with Crippen molar-refractivity contribution < 1.29 is 19.1 Å². The lowest BCUT2D eigenvalue weighted by Gasteiger charge is -2.18. The molecule has 1 aromatic rings. The quantitative estimate of drug-likeness (QED) is 0.779. The number of para-hydroxylation sites is 1. The predicted molar refractivity (Wildman–Crippen MR) is 71.1 cm³/mol. The van der Waals surface area contributed by atoms with Crippen LogP contribution in [0.5, 0.6) is 0 Å². The minimum Gasteiger partial charge on any atom is -0.478 e. The van der Waals surface area contributed by atoms with E-state index in [1.165, 1.54) is 17.0 Å². The molecule has 20 heavy (non-hydrogen) atoms. The van der Waals surface area contributed by atoms with Gasteiger partial charge in [0.2, 0.25) is 0 Å². The molecule has 1 fully saturated rings. The summed E-state index contributed by atoms with van der Waals surface area (Å²) in [4.78, 5) is 24.6. The van der Waals surface area contributed by atoms with Crippen LogP contribution in [0.25, 0.3) is 0 Å². The molecule has 2 amide bonds. The van der Waals surface area contributed by atoms with Gasteiger partial charge in [0.15, 0.2) is 0 Å². The van der Waals surface area contributed by atoms with Gasteiger partial charge in [-0.1, -0.05) is 6.07 Å². The number of carbonyl (C=O) groups excluding carboxylic acids is 1. The average Bonchev–Trinajstić information content (AvgIpc) is 2.89. The van der Waals surface area contributed by atoms with Gasteiger partial charge < -0.3 is 21.1 Å². The molecule has 4 N–H and O–H groups in total. The second-order valence-electron chi connectivity index (χ2n) is 4.73. The number of nitrogens with one attached hydrogen (secondary N) is 1. The van der Waals surface area contributed by atoms with E-state index in [9.17, 15) is 14.0 Å². The van der Waals surface area contributed by atoms with Crippen LogP contribution < -0.4 is 11.1 Å². The molecule has 1 aromatic carbocycles. The highest BCUT2D eigenvalue weighted by atomic mass is 19.1. The third-order valence-electron chi connectivity index (χ3n) is 3.38. The van der Waals surface area contributed by atoms with Crippen molar-refractivity contribution in [1.29, 1.82) is 0 Å². The lowest BCUT2D eigenvalue weighted by atomic mass is 10.1. The largest absolute Gasteiger partial charge is 0.478 e. The summed E-state index contributed by atoms with van der Waals surface area (Å²) in [5, 5.41) is 11.3. The maximum Gasteiger partial charge on any atom is 0.337 e. The van der Waals surface area contributed by atoms with Gasteiger partial charge in [-0.25, -0.2) is 14.0 Å². The van der Waals surface area contributed by atoms with E-state index in [0.29, 0.717) is 19.6 Å². The number of carbonyl (C=O) groups is 2. The van der Waals surface area contributed by atoms with E-state index < -0.39 is 17.8 Å². The Kier molecular flexibility index (Phi) is 4.19. The Morgan fingerprint density at radius 2 is 2.25 bits per heavy atom. The number of aromatic carboxylic acids is 1. The normalized spacial score (nSPS) is 18.1. The lowest BCUT2D eigenvalue weighted by molar-refractivity contribution is 0.0697. The van der Waals surface area contributed by atoms with Gasteiger partial charge in [-0.05, 0) is 31.0 Å². The fourth-order valence-electron chi connectivity index (χ4n) is 2.22. The topological polar surface area (TPSA) is 95.7 Å². The zero-order valence-electron chi connectivity index (χ0n) is 10.8. The van der Waals surface area contributed by atoms with Crippen LogP contribution in [0.4, 0.5) is 14.9 Å². The smallest absolute Gasteiger partial charge is 0.337 e. The molecule has 0 saturated carbocycles. The van der Waals surface area contributed by atoms with Crippen molar-refractivity contribution in [3.8, 4) is 0 Å². The first-order valence-electron chi connectivity index (χ1n) is 6.30. The molecule has 0 radical (unpaired) electrons. The number of nitrogens with two attached hydrogens (primary N) is 1. The van der Waals surface area contributed by atoms with Crippen LogP contribution in [0.15, 0.2) is 18.2 Å². The fraction of sp³-hybridized carbons (Fsp3) is 0.385. The van der Waals surface area contributed by atoms with Crippen molar-refractivity contribution in [1.82, 2.24) is 4.90 Å². The van der Waals surface area contributed by atoms with Crippen LogP contribution in [0.1, 0.15) is 16.8 Å². The van der Waals surface area contributed by atoms with Gasteiger partial charge in [0, 0.05) is 13.1 Å². The summed E-state index contributed by atoms with van der Waals surface area (Å²) in [6, 6.07) is 3.13. The number of halogens is 1. The van der Waals surface area contributed by atoms with Gasteiger partial charge in [-0.3, -0.25) is 0 Å². The Bertz CT molecular complexity index is 536. The molecule has 0 aliphatic carbocycles. The summed E-state index contributed by atoms with van der Waals surface area (Å²) in [6.45, 7) is 1.52. The number of carboxylic acid groups (broad SMARTS) is 1. The number of hydrogen-bond donors (Lipinski definition) is 3.